The van der Waals surface area contributed by atoms with Gasteiger partial charge in [0.05, 0.1) is 5.88 Å². The van der Waals surface area contributed by atoms with Gasteiger partial charge in [-0.2, -0.15) is 0 Å². The van der Waals surface area contributed by atoms with Crippen molar-refractivity contribution >= 4 is 11.6 Å². The number of ether oxygens (including phenoxy) is 2. The molecule has 0 bridgehead atoms. The number of hydrogen-bond acceptors (Lipinski definition) is 3. The van der Waals surface area contributed by atoms with Gasteiger partial charge < -0.3 is 13.9 Å². The third kappa shape index (κ3) is 2.85. The summed E-state index contributed by atoms with van der Waals surface area (Å²) in [6.07, 6.45) is 0. The van der Waals surface area contributed by atoms with Crippen LogP contribution in [0.4, 0.5) is 0 Å². The fourth-order valence-electron chi connectivity index (χ4n) is 0.797. The van der Waals surface area contributed by atoms with Gasteiger partial charge in [0.1, 0.15) is 24.9 Å². The van der Waals surface area contributed by atoms with Gasteiger partial charge in [0.15, 0.2) is 0 Å². The molecule has 0 radical (unpaired) electrons. The van der Waals surface area contributed by atoms with Crippen LogP contribution in [-0.4, -0.2) is 13.9 Å². The smallest absolute Gasteiger partial charge is 0.146 e. The highest BCUT2D eigenvalue weighted by atomic mass is 35.5. The van der Waals surface area contributed by atoms with Gasteiger partial charge in [-0.1, -0.05) is 0 Å². The van der Waals surface area contributed by atoms with Crippen molar-refractivity contribution in [1.29, 1.82) is 0 Å². The first-order chi connectivity index (χ1) is 5.86. The standard InChI is InChI=1S/C8H11ClO3/c1-10-6-11-5-8-3-2-7(4-9)12-8/h2-3H,4-6H2,1H3. The van der Waals surface area contributed by atoms with E-state index in [1.165, 1.54) is 0 Å². The van der Waals surface area contributed by atoms with Crippen LogP contribution in [-0.2, 0) is 22.0 Å². The van der Waals surface area contributed by atoms with Gasteiger partial charge in [-0.05, 0) is 12.1 Å². The van der Waals surface area contributed by atoms with E-state index in [9.17, 15) is 0 Å². The molecule has 68 valence electrons. The molecule has 0 atom stereocenters. The van der Waals surface area contributed by atoms with Crippen LogP contribution >= 0.6 is 11.6 Å². The number of hydrogen-bond donors (Lipinski definition) is 0. The Morgan fingerprint density at radius 1 is 1.42 bits per heavy atom. The van der Waals surface area contributed by atoms with Crippen molar-refractivity contribution in [2.45, 2.75) is 12.5 Å². The van der Waals surface area contributed by atoms with E-state index >= 15 is 0 Å². The largest absolute Gasteiger partial charge is 0.462 e. The molecular weight excluding hydrogens is 180 g/mol. The third-order valence-electron chi connectivity index (χ3n) is 1.29. The van der Waals surface area contributed by atoms with E-state index < -0.39 is 0 Å². The Hall–Kier alpha value is -0.510. The Morgan fingerprint density at radius 3 is 2.75 bits per heavy atom. The maximum Gasteiger partial charge on any atom is 0.146 e. The van der Waals surface area contributed by atoms with E-state index in [1.54, 1.807) is 7.11 Å². The molecule has 1 aromatic heterocycles. The first kappa shape index (κ1) is 9.58. The molecule has 0 amide bonds. The second-order valence-corrected chi connectivity index (χ2v) is 2.52. The lowest BCUT2D eigenvalue weighted by atomic mass is 10.4. The molecule has 0 aromatic carbocycles. The summed E-state index contributed by atoms with van der Waals surface area (Å²) in [5.41, 5.74) is 0. The van der Waals surface area contributed by atoms with Crippen molar-refractivity contribution in [2.75, 3.05) is 13.9 Å². The molecule has 0 aliphatic heterocycles. The van der Waals surface area contributed by atoms with Gasteiger partial charge >= 0.3 is 0 Å². The first-order valence-corrected chi connectivity index (χ1v) is 4.10. The number of furan rings is 1. The highest BCUT2D eigenvalue weighted by Gasteiger charge is 1.99. The summed E-state index contributed by atoms with van der Waals surface area (Å²) in [4.78, 5) is 0. The van der Waals surface area contributed by atoms with Gasteiger partial charge in [-0.3, -0.25) is 0 Å². The number of rotatable bonds is 5. The normalized spacial score (nSPS) is 10.5. The summed E-state index contributed by atoms with van der Waals surface area (Å²) in [6.45, 7) is 0.696. The van der Waals surface area contributed by atoms with E-state index in [1.807, 2.05) is 12.1 Å². The van der Waals surface area contributed by atoms with Crippen LogP contribution in [0.5, 0.6) is 0 Å². The monoisotopic (exact) mass is 190 g/mol. The molecule has 0 saturated carbocycles. The summed E-state index contributed by atoms with van der Waals surface area (Å²) >= 11 is 5.54. The summed E-state index contributed by atoms with van der Waals surface area (Å²) < 4.78 is 15.0. The Kier molecular flexibility index (Phi) is 4.14. The topological polar surface area (TPSA) is 31.6 Å². The summed E-state index contributed by atoms with van der Waals surface area (Å²) in [7, 11) is 1.58. The highest BCUT2D eigenvalue weighted by molar-refractivity contribution is 6.16. The van der Waals surface area contributed by atoms with Crippen LogP contribution in [0.15, 0.2) is 16.5 Å². The van der Waals surface area contributed by atoms with Gasteiger partial charge in [-0.15, -0.1) is 11.6 Å². The minimum Gasteiger partial charge on any atom is -0.462 e. The van der Waals surface area contributed by atoms with Crippen LogP contribution in [0.1, 0.15) is 11.5 Å². The Labute approximate surface area is 76.2 Å². The molecular formula is C8H11ClO3. The molecule has 0 aliphatic rings. The summed E-state index contributed by atoms with van der Waals surface area (Å²) in [6, 6.07) is 3.67. The molecule has 1 heterocycles. The van der Waals surface area contributed by atoms with Crippen LogP contribution in [0.3, 0.4) is 0 Å². The van der Waals surface area contributed by atoms with Crippen molar-refractivity contribution in [3.8, 4) is 0 Å². The second kappa shape index (κ2) is 5.19. The number of alkyl halides is 1. The average Bonchev–Trinajstić information content (AvgIpc) is 2.53. The van der Waals surface area contributed by atoms with Crippen LogP contribution in [0.25, 0.3) is 0 Å². The first-order valence-electron chi connectivity index (χ1n) is 3.57. The molecule has 1 rings (SSSR count). The summed E-state index contributed by atoms with van der Waals surface area (Å²) in [5.74, 6) is 1.92. The number of halogens is 1. The van der Waals surface area contributed by atoms with Crippen LogP contribution in [0.2, 0.25) is 0 Å². The number of methoxy groups -OCH3 is 1. The Bertz CT molecular complexity index is 222. The van der Waals surface area contributed by atoms with Gasteiger partial charge in [0, 0.05) is 7.11 Å². The zero-order valence-corrected chi connectivity index (χ0v) is 7.63. The van der Waals surface area contributed by atoms with E-state index in [0.717, 1.165) is 11.5 Å². The molecule has 0 unspecified atom stereocenters. The van der Waals surface area contributed by atoms with Crippen molar-refractivity contribution in [3.63, 3.8) is 0 Å². The maximum atomic E-state index is 5.54. The Balaban J connectivity index is 2.31. The predicted octanol–water partition coefficient (Wildman–Crippen LogP) is 2.14. The predicted molar refractivity (Wildman–Crippen MR) is 44.9 cm³/mol. The average molecular weight is 191 g/mol. The van der Waals surface area contributed by atoms with Crippen molar-refractivity contribution in [2.24, 2.45) is 0 Å². The minimum absolute atomic E-state index is 0.275. The van der Waals surface area contributed by atoms with Crippen molar-refractivity contribution in [3.05, 3.63) is 23.7 Å². The maximum absolute atomic E-state index is 5.54. The molecule has 0 fully saturated rings. The fourth-order valence-corrected chi connectivity index (χ4v) is 0.941. The van der Waals surface area contributed by atoms with Crippen molar-refractivity contribution < 1.29 is 13.9 Å². The van der Waals surface area contributed by atoms with E-state index in [-0.39, 0.29) is 6.79 Å². The molecule has 0 aliphatic carbocycles. The molecule has 3 nitrogen and oxygen atoms in total. The van der Waals surface area contributed by atoms with E-state index in [4.69, 9.17) is 25.5 Å². The lowest BCUT2D eigenvalue weighted by Gasteiger charge is -1.98. The van der Waals surface area contributed by atoms with E-state index in [0.29, 0.717) is 12.5 Å². The third-order valence-corrected chi connectivity index (χ3v) is 1.56. The highest BCUT2D eigenvalue weighted by Crippen LogP contribution is 2.10. The molecule has 12 heavy (non-hydrogen) atoms. The molecule has 0 spiro atoms. The fraction of sp³-hybridized carbons (Fsp3) is 0.500. The zero-order chi connectivity index (χ0) is 8.81. The molecule has 1 aromatic rings. The molecule has 0 N–H and O–H groups in total. The molecule has 0 saturated heterocycles. The quantitative estimate of drug-likeness (QED) is 0.405. The van der Waals surface area contributed by atoms with Crippen LogP contribution in [0, 0.1) is 0 Å². The SMILES string of the molecule is COCOCc1ccc(CCl)o1. The lowest BCUT2D eigenvalue weighted by molar-refractivity contribution is -0.0442. The van der Waals surface area contributed by atoms with Gasteiger partial charge in [-0.25, -0.2) is 0 Å². The zero-order valence-electron chi connectivity index (χ0n) is 6.88. The van der Waals surface area contributed by atoms with Gasteiger partial charge in [0.25, 0.3) is 0 Å². The second-order valence-electron chi connectivity index (χ2n) is 2.26. The Morgan fingerprint density at radius 2 is 2.17 bits per heavy atom. The van der Waals surface area contributed by atoms with E-state index in [2.05, 4.69) is 0 Å². The van der Waals surface area contributed by atoms with Crippen molar-refractivity contribution in [1.82, 2.24) is 0 Å². The van der Waals surface area contributed by atoms with Gasteiger partial charge in [0.2, 0.25) is 0 Å². The molecule has 4 heteroatoms. The van der Waals surface area contributed by atoms with Crippen LogP contribution < -0.4 is 0 Å². The minimum atomic E-state index is 0.275. The summed E-state index contributed by atoms with van der Waals surface area (Å²) in [5, 5.41) is 0. The lowest BCUT2D eigenvalue weighted by Crippen LogP contribution is -1.95.